The van der Waals surface area contributed by atoms with Gasteiger partial charge in [-0.2, -0.15) is 5.10 Å². The first-order chi connectivity index (χ1) is 20.7. The molecule has 1 fully saturated rings. The van der Waals surface area contributed by atoms with Gasteiger partial charge in [-0.25, -0.2) is 0 Å². The number of rotatable bonds is 11. The summed E-state index contributed by atoms with van der Waals surface area (Å²) in [6.07, 6.45) is 6.89. The van der Waals surface area contributed by atoms with Crippen molar-refractivity contribution >= 4 is 16.8 Å². The first-order valence-electron chi connectivity index (χ1n) is 15.0. The van der Waals surface area contributed by atoms with Crippen LogP contribution in [0.25, 0.3) is 10.9 Å². The van der Waals surface area contributed by atoms with Gasteiger partial charge < -0.3 is 20.4 Å². The summed E-state index contributed by atoms with van der Waals surface area (Å²) in [4.78, 5) is 17.0. The van der Waals surface area contributed by atoms with E-state index in [2.05, 4.69) is 81.5 Å². The Balaban J connectivity index is 1.36. The zero-order valence-corrected chi connectivity index (χ0v) is 24.2. The molecule has 6 rings (SSSR count). The Hall–Kier alpha value is -4.36. The number of nitrogens with one attached hydrogen (secondary N) is 4. The number of carbonyl (C=O) groups excluding carboxylic acids is 1. The molecule has 5 aromatic rings. The summed E-state index contributed by atoms with van der Waals surface area (Å²) in [6, 6.07) is 26.8. The zero-order chi connectivity index (χ0) is 28.7. The van der Waals surface area contributed by atoms with Crippen molar-refractivity contribution in [1.29, 1.82) is 0 Å². The zero-order valence-electron chi connectivity index (χ0n) is 24.2. The van der Waals surface area contributed by atoms with E-state index >= 15 is 0 Å². The Kier molecular flexibility index (Phi) is 8.66. The summed E-state index contributed by atoms with van der Waals surface area (Å²) >= 11 is 0. The molecule has 3 heterocycles. The number of piperidine rings is 1. The van der Waals surface area contributed by atoms with Gasteiger partial charge in [-0.1, -0.05) is 60.7 Å². The van der Waals surface area contributed by atoms with E-state index in [9.17, 15) is 4.79 Å². The lowest BCUT2D eigenvalue weighted by molar-refractivity contribution is -0.126. The number of hydrogen-bond acceptors (Lipinski definition) is 4. The number of methoxy groups -OCH3 is 1. The minimum atomic E-state index is -0.262. The molecule has 42 heavy (non-hydrogen) atoms. The number of para-hydroxylation sites is 1. The molecule has 0 bridgehead atoms. The van der Waals surface area contributed by atoms with Crippen molar-refractivity contribution in [3.05, 3.63) is 119 Å². The van der Waals surface area contributed by atoms with E-state index in [1.54, 1.807) is 7.11 Å². The largest absolute Gasteiger partial charge is 0.497 e. The first-order valence-corrected chi connectivity index (χ1v) is 15.0. The Morgan fingerprint density at radius 2 is 1.71 bits per heavy atom. The summed E-state index contributed by atoms with van der Waals surface area (Å²) in [5.41, 5.74) is 7.93. The number of hydrogen-bond donors (Lipinski definition) is 4. The summed E-state index contributed by atoms with van der Waals surface area (Å²) in [6.45, 7) is 1.75. The van der Waals surface area contributed by atoms with Crippen LogP contribution in [0.4, 0.5) is 0 Å². The molecule has 0 spiro atoms. The molecule has 7 nitrogen and oxygen atoms in total. The predicted molar refractivity (Wildman–Crippen MR) is 167 cm³/mol. The van der Waals surface area contributed by atoms with Crippen LogP contribution in [-0.4, -0.2) is 41.3 Å². The second-order valence-corrected chi connectivity index (χ2v) is 11.2. The number of aromatic amines is 2. The van der Waals surface area contributed by atoms with Crippen molar-refractivity contribution < 1.29 is 9.53 Å². The van der Waals surface area contributed by atoms with Crippen LogP contribution in [0, 0.1) is 5.92 Å². The van der Waals surface area contributed by atoms with Crippen LogP contribution in [0.15, 0.2) is 85.1 Å². The van der Waals surface area contributed by atoms with Crippen LogP contribution >= 0.6 is 0 Å². The molecule has 1 aliphatic rings. The lowest BCUT2D eigenvalue weighted by Gasteiger charge is -2.25. The molecule has 0 radical (unpaired) electrons. The van der Waals surface area contributed by atoms with Crippen LogP contribution in [0.3, 0.4) is 0 Å². The molecular formula is C35H39N5O2. The first kappa shape index (κ1) is 27.8. The molecule has 0 unspecified atom stereocenters. The number of fused-ring (bicyclic) bond motifs is 1. The summed E-state index contributed by atoms with van der Waals surface area (Å²) < 4.78 is 5.40. The third-order valence-corrected chi connectivity index (χ3v) is 8.49. The third kappa shape index (κ3) is 6.42. The van der Waals surface area contributed by atoms with Gasteiger partial charge in [-0.05, 0) is 73.7 Å². The van der Waals surface area contributed by atoms with E-state index in [0.29, 0.717) is 12.8 Å². The van der Waals surface area contributed by atoms with Crippen molar-refractivity contribution in [2.75, 3.05) is 20.2 Å². The molecule has 3 aromatic carbocycles. The monoisotopic (exact) mass is 561 g/mol. The topological polar surface area (TPSA) is 94.8 Å². The van der Waals surface area contributed by atoms with Crippen molar-refractivity contribution in [3.8, 4) is 5.75 Å². The quantitative estimate of drug-likeness (QED) is 0.167. The second-order valence-electron chi connectivity index (χ2n) is 11.2. The van der Waals surface area contributed by atoms with Crippen LogP contribution in [0.2, 0.25) is 0 Å². The standard InChI is InChI=1S/C35H39N5O2/c1-42-28-14-11-25(12-15-28)21-30-32(16-13-24-7-3-2-4-8-24)39-40-34(30)33(38-35(41)26-17-19-36-20-18-26)22-27-23-37-31-10-6-5-9-29(27)31/h2-12,14-15,23,26,33,36-37H,13,16-22H2,1H3,(H,38,41)(H,39,40)/t33-/m1/s1. The molecule has 0 saturated carbocycles. The molecule has 1 saturated heterocycles. The molecule has 1 amide bonds. The minimum Gasteiger partial charge on any atom is -0.497 e. The fraction of sp³-hybridized carbons (Fsp3) is 0.314. The number of nitrogens with zero attached hydrogens (tertiary/aromatic N) is 1. The molecule has 0 aliphatic carbocycles. The number of aromatic nitrogens is 3. The predicted octanol–water partition coefficient (Wildman–Crippen LogP) is 5.68. The minimum absolute atomic E-state index is 0.0123. The normalized spacial score (nSPS) is 14.6. The number of amides is 1. The van der Waals surface area contributed by atoms with Crippen molar-refractivity contribution in [2.24, 2.45) is 5.92 Å². The molecule has 2 aromatic heterocycles. The lowest BCUT2D eigenvalue weighted by Crippen LogP contribution is -2.40. The van der Waals surface area contributed by atoms with Gasteiger partial charge in [-0.15, -0.1) is 0 Å². The van der Waals surface area contributed by atoms with Gasteiger partial charge in [0.1, 0.15) is 5.75 Å². The van der Waals surface area contributed by atoms with E-state index in [-0.39, 0.29) is 17.9 Å². The smallest absolute Gasteiger partial charge is 0.223 e. The summed E-state index contributed by atoms with van der Waals surface area (Å²) in [5.74, 6) is 0.964. The van der Waals surface area contributed by atoms with Crippen molar-refractivity contribution in [3.63, 3.8) is 0 Å². The van der Waals surface area contributed by atoms with Crippen molar-refractivity contribution in [1.82, 2.24) is 25.8 Å². The number of ether oxygens (including phenoxy) is 1. The van der Waals surface area contributed by atoms with E-state index < -0.39 is 0 Å². The highest BCUT2D eigenvalue weighted by molar-refractivity contribution is 5.83. The Bertz CT molecular complexity index is 1600. The SMILES string of the molecule is COc1ccc(Cc2c([C@@H](Cc3c[nH]c4ccccc34)NC(=O)C3CCNCC3)n[nH]c2CCc2ccccc2)cc1. The van der Waals surface area contributed by atoms with Crippen LogP contribution in [0.1, 0.15) is 52.5 Å². The van der Waals surface area contributed by atoms with E-state index in [1.165, 1.54) is 22.1 Å². The average Bonchev–Trinajstić information content (AvgIpc) is 3.64. The van der Waals surface area contributed by atoms with E-state index in [1.807, 2.05) is 24.3 Å². The lowest BCUT2D eigenvalue weighted by atomic mass is 9.92. The van der Waals surface area contributed by atoms with Gasteiger partial charge in [0, 0.05) is 47.1 Å². The molecular weight excluding hydrogens is 522 g/mol. The molecule has 4 N–H and O–H groups in total. The molecule has 1 atom stereocenters. The van der Waals surface area contributed by atoms with Gasteiger partial charge in [-0.3, -0.25) is 9.89 Å². The van der Waals surface area contributed by atoms with Crippen LogP contribution < -0.4 is 15.4 Å². The fourth-order valence-electron chi connectivity index (χ4n) is 6.08. The van der Waals surface area contributed by atoms with Crippen molar-refractivity contribution in [2.45, 2.75) is 44.6 Å². The fourth-order valence-corrected chi connectivity index (χ4v) is 6.08. The maximum atomic E-state index is 13.6. The number of carbonyl (C=O) groups is 1. The number of aryl methyl sites for hydroxylation is 2. The van der Waals surface area contributed by atoms with Gasteiger partial charge in [0.15, 0.2) is 0 Å². The highest BCUT2D eigenvalue weighted by Gasteiger charge is 2.28. The van der Waals surface area contributed by atoms with Crippen LogP contribution in [0.5, 0.6) is 5.75 Å². The van der Waals surface area contributed by atoms with Gasteiger partial charge in [0.2, 0.25) is 5.91 Å². The molecule has 216 valence electrons. The molecule has 1 aliphatic heterocycles. The summed E-state index contributed by atoms with van der Waals surface area (Å²) in [7, 11) is 1.69. The van der Waals surface area contributed by atoms with Gasteiger partial charge in [0.05, 0.1) is 18.8 Å². The summed E-state index contributed by atoms with van der Waals surface area (Å²) in [5, 5.41) is 16.3. The molecule has 7 heteroatoms. The highest BCUT2D eigenvalue weighted by Crippen LogP contribution is 2.30. The highest BCUT2D eigenvalue weighted by atomic mass is 16.5. The number of H-pyrrole nitrogens is 2. The third-order valence-electron chi connectivity index (χ3n) is 8.49. The maximum absolute atomic E-state index is 13.6. The number of benzene rings is 3. The van der Waals surface area contributed by atoms with Gasteiger partial charge >= 0.3 is 0 Å². The maximum Gasteiger partial charge on any atom is 0.223 e. The van der Waals surface area contributed by atoms with Crippen LogP contribution in [-0.2, 0) is 30.5 Å². The van der Waals surface area contributed by atoms with E-state index in [4.69, 9.17) is 9.84 Å². The Morgan fingerprint density at radius 3 is 2.50 bits per heavy atom. The Morgan fingerprint density at radius 1 is 0.952 bits per heavy atom. The second kappa shape index (κ2) is 13.1. The average molecular weight is 562 g/mol. The van der Waals surface area contributed by atoms with Gasteiger partial charge in [0.25, 0.3) is 0 Å². The Labute approximate surface area is 247 Å². The van der Waals surface area contributed by atoms with E-state index in [0.717, 1.165) is 67.0 Å².